The van der Waals surface area contributed by atoms with E-state index in [1.165, 1.54) is 0 Å². The average molecular weight is 401 g/mol. The van der Waals surface area contributed by atoms with Gasteiger partial charge in [0.1, 0.15) is 6.07 Å². The molecule has 0 fully saturated rings. The summed E-state index contributed by atoms with van der Waals surface area (Å²) in [6, 6.07) is 16.9. The van der Waals surface area contributed by atoms with Gasteiger partial charge in [-0.25, -0.2) is 0 Å². The molecule has 0 amide bonds. The lowest BCUT2D eigenvalue weighted by atomic mass is 10.1. The van der Waals surface area contributed by atoms with Crippen molar-refractivity contribution < 1.29 is 4.42 Å². The lowest BCUT2D eigenvalue weighted by Gasteiger charge is -2.25. The normalized spacial score (nSPS) is 12.0. The van der Waals surface area contributed by atoms with Crippen molar-refractivity contribution in [3.63, 3.8) is 0 Å². The summed E-state index contributed by atoms with van der Waals surface area (Å²) >= 11 is 12.3. The first-order chi connectivity index (χ1) is 13.0. The van der Waals surface area contributed by atoms with Crippen molar-refractivity contribution >= 4 is 29.1 Å². The summed E-state index contributed by atoms with van der Waals surface area (Å²) in [6.45, 7) is 0.501. The first kappa shape index (κ1) is 19.2. The number of anilines is 1. The molecule has 0 aliphatic heterocycles. The lowest BCUT2D eigenvalue weighted by Crippen LogP contribution is -2.27. The number of hydrogen-bond donors (Lipinski definition) is 1. The molecule has 1 atom stereocenters. The zero-order valence-corrected chi connectivity index (χ0v) is 16.4. The smallest absolute Gasteiger partial charge is 0.232 e. The Morgan fingerprint density at radius 1 is 1.15 bits per heavy atom. The van der Waals surface area contributed by atoms with Crippen molar-refractivity contribution in [1.29, 1.82) is 5.26 Å². The summed E-state index contributed by atoms with van der Waals surface area (Å²) in [5.74, 6) is 0.700. The highest BCUT2D eigenvalue weighted by atomic mass is 35.5. The van der Waals surface area contributed by atoms with Gasteiger partial charge in [-0.15, -0.1) is 0 Å². The van der Waals surface area contributed by atoms with Crippen LogP contribution in [0.4, 0.5) is 5.88 Å². The third-order valence-corrected chi connectivity index (χ3v) is 4.76. The summed E-state index contributed by atoms with van der Waals surface area (Å²) in [4.78, 5) is 6.32. The maximum Gasteiger partial charge on any atom is 0.232 e. The van der Waals surface area contributed by atoms with E-state index in [-0.39, 0.29) is 11.7 Å². The van der Waals surface area contributed by atoms with Crippen LogP contribution in [-0.4, -0.2) is 30.5 Å². The number of oxazole rings is 1. The molecule has 0 bridgehead atoms. The minimum Gasteiger partial charge on any atom is -0.419 e. The number of nitrogens with zero attached hydrogens (tertiary/aromatic N) is 3. The van der Waals surface area contributed by atoms with Crippen molar-refractivity contribution in [2.75, 3.05) is 26.0 Å². The molecular weight excluding hydrogens is 383 g/mol. The molecule has 0 aliphatic carbocycles. The van der Waals surface area contributed by atoms with E-state index in [2.05, 4.69) is 21.3 Å². The second kappa shape index (κ2) is 8.45. The average Bonchev–Trinajstić information content (AvgIpc) is 3.07. The first-order valence-corrected chi connectivity index (χ1v) is 9.06. The van der Waals surface area contributed by atoms with E-state index in [1.807, 2.05) is 38.4 Å². The number of hydrogen-bond acceptors (Lipinski definition) is 5. The fourth-order valence-corrected chi connectivity index (χ4v) is 3.12. The predicted molar refractivity (Wildman–Crippen MR) is 108 cm³/mol. The summed E-state index contributed by atoms with van der Waals surface area (Å²) in [5, 5.41) is 13.9. The Labute approximate surface area is 168 Å². The number of halogens is 2. The second-order valence-corrected chi connectivity index (χ2v) is 7.04. The predicted octanol–water partition coefficient (Wildman–Crippen LogP) is 5.23. The maximum absolute atomic E-state index is 9.39. The Kier molecular flexibility index (Phi) is 6.02. The Balaban J connectivity index is 1.83. The molecular formula is C20H18Cl2N4O. The summed E-state index contributed by atoms with van der Waals surface area (Å²) in [6.07, 6.45) is 0. The van der Waals surface area contributed by atoms with Crippen LogP contribution in [0.15, 0.2) is 52.9 Å². The van der Waals surface area contributed by atoms with Crippen LogP contribution in [0.5, 0.6) is 0 Å². The Morgan fingerprint density at radius 2 is 1.85 bits per heavy atom. The number of rotatable bonds is 6. The van der Waals surface area contributed by atoms with Crippen LogP contribution in [0.1, 0.15) is 17.3 Å². The molecule has 3 rings (SSSR count). The molecule has 0 spiro atoms. The third kappa shape index (κ3) is 4.42. The molecule has 7 heteroatoms. The Hall–Kier alpha value is -2.52. The van der Waals surface area contributed by atoms with Crippen LogP contribution < -0.4 is 5.32 Å². The van der Waals surface area contributed by atoms with Crippen LogP contribution in [0.2, 0.25) is 10.0 Å². The van der Waals surface area contributed by atoms with Crippen LogP contribution in [0.3, 0.4) is 0 Å². The van der Waals surface area contributed by atoms with Gasteiger partial charge in [-0.05, 0) is 50.0 Å². The number of benzene rings is 2. The van der Waals surface area contributed by atoms with Crippen molar-refractivity contribution in [1.82, 2.24) is 9.88 Å². The molecule has 0 aliphatic rings. The van der Waals surface area contributed by atoms with Gasteiger partial charge >= 0.3 is 0 Å². The SMILES string of the molecule is CN(C)[C@H](CNc1oc(-c2ccc(Cl)cc2)nc1C#N)c1ccccc1Cl. The van der Waals surface area contributed by atoms with Crippen molar-refractivity contribution in [2.24, 2.45) is 0 Å². The lowest BCUT2D eigenvalue weighted by molar-refractivity contribution is 0.310. The van der Waals surface area contributed by atoms with Gasteiger partial charge in [-0.2, -0.15) is 10.2 Å². The first-order valence-electron chi connectivity index (χ1n) is 8.31. The molecule has 27 heavy (non-hydrogen) atoms. The van der Waals surface area contributed by atoms with Gasteiger partial charge in [0.25, 0.3) is 0 Å². The zero-order chi connectivity index (χ0) is 19.4. The Morgan fingerprint density at radius 3 is 2.48 bits per heavy atom. The van der Waals surface area contributed by atoms with Crippen LogP contribution in [0, 0.1) is 11.3 Å². The fourth-order valence-electron chi connectivity index (χ4n) is 2.74. The summed E-state index contributed by atoms with van der Waals surface area (Å²) in [7, 11) is 3.95. The molecule has 0 unspecified atom stereocenters. The molecule has 138 valence electrons. The van der Waals surface area contributed by atoms with Gasteiger partial charge in [0.15, 0.2) is 0 Å². The highest BCUT2D eigenvalue weighted by molar-refractivity contribution is 6.31. The van der Waals surface area contributed by atoms with Crippen molar-refractivity contribution in [3.05, 3.63) is 69.8 Å². The van der Waals surface area contributed by atoms with Crippen LogP contribution in [0.25, 0.3) is 11.5 Å². The van der Waals surface area contributed by atoms with Gasteiger partial charge in [0, 0.05) is 22.2 Å². The second-order valence-electron chi connectivity index (χ2n) is 6.20. The summed E-state index contributed by atoms with van der Waals surface area (Å²) < 4.78 is 5.79. The van der Waals surface area contributed by atoms with E-state index in [0.717, 1.165) is 11.1 Å². The van der Waals surface area contributed by atoms with Gasteiger partial charge in [0.2, 0.25) is 17.5 Å². The quantitative estimate of drug-likeness (QED) is 0.612. The van der Waals surface area contributed by atoms with Gasteiger partial charge in [-0.1, -0.05) is 41.4 Å². The molecule has 0 saturated heterocycles. The standard InChI is InChI=1S/C20H18Cl2N4O/c1-26(2)18(15-5-3-4-6-16(15)22)12-24-20-17(11-23)25-19(27-20)13-7-9-14(21)10-8-13/h3-10,18,24H,12H2,1-2H3/t18-/m1/s1. The molecule has 5 nitrogen and oxygen atoms in total. The maximum atomic E-state index is 9.39. The van der Waals surface area contributed by atoms with E-state index in [0.29, 0.717) is 28.4 Å². The van der Waals surface area contributed by atoms with Crippen molar-refractivity contribution in [3.8, 4) is 17.5 Å². The van der Waals surface area contributed by atoms with E-state index < -0.39 is 0 Å². The monoisotopic (exact) mass is 400 g/mol. The summed E-state index contributed by atoms with van der Waals surface area (Å²) in [5.41, 5.74) is 1.95. The van der Waals surface area contributed by atoms with E-state index in [1.54, 1.807) is 24.3 Å². The van der Waals surface area contributed by atoms with E-state index in [4.69, 9.17) is 27.6 Å². The number of aromatic nitrogens is 1. The molecule has 1 aromatic heterocycles. The molecule has 2 aromatic carbocycles. The molecule has 0 radical (unpaired) electrons. The van der Waals surface area contributed by atoms with Gasteiger partial charge < -0.3 is 14.6 Å². The molecule has 0 saturated carbocycles. The zero-order valence-electron chi connectivity index (χ0n) is 14.9. The number of nitrogens with one attached hydrogen (secondary N) is 1. The third-order valence-electron chi connectivity index (χ3n) is 4.17. The highest BCUT2D eigenvalue weighted by Crippen LogP contribution is 2.29. The minimum atomic E-state index is -0.00525. The van der Waals surface area contributed by atoms with E-state index in [9.17, 15) is 5.26 Å². The number of nitriles is 1. The van der Waals surface area contributed by atoms with Gasteiger partial charge in [0.05, 0.1) is 6.04 Å². The largest absolute Gasteiger partial charge is 0.419 e. The topological polar surface area (TPSA) is 65.1 Å². The number of likely N-dealkylation sites (N-methyl/N-ethyl adjacent to an activating group) is 1. The van der Waals surface area contributed by atoms with Crippen molar-refractivity contribution in [2.45, 2.75) is 6.04 Å². The van der Waals surface area contributed by atoms with Crippen LogP contribution in [-0.2, 0) is 0 Å². The van der Waals surface area contributed by atoms with Crippen LogP contribution >= 0.6 is 23.2 Å². The minimum absolute atomic E-state index is 0.00525. The van der Waals surface area contributed by atoms with Gasteiger partial charge in [-0.3, -0.25) is 0 Å². The molecule has 1 heterocycles. The van der Waals surface area contributed by atoms with E-state index >= 15 is 0 Å². The molecule has 3 aromatic rings. The Bertz CT molecular complexity index is 961. The highest BCUT2D eigenvalue weighted by Gasteiger charge is 2.20. The molecule has 1 N–H and O–H groups in total. The fraction of sp³-hybridized carbons (Fsp3) is 0.200.